The van der Waals surface area contributed by atoms with Gasteiger partial charge in [0, 0.05) is 44.5 Å². The molecule has 4 rings (SSSR count). The zero-order valence-corrected chi connectivity index (χ0v) is 17.4. The van der Waals surface area contributed by atoms with E-state index in [4.69, 9.17) is 11.6 Å². The highest BCUT2D eigenvalue weighted by atomic mass is 35.5. The number of benzene rings is 1. The molecule has 1 aliphatic heterocycles. The van der Waals surface area contributed by atoms with E-state index in [9.17, 15) is 9.90 Å². The van der Waals surface area contributed by atoms with Gasteiger partial charge in [-0.15, -0.1) is 5.10 Å². The largest absolute Gasteiger partial charge is 0.492 e. The third-order valence-electron chi connectivity index (χ3n) is 5.12. The number of carbonyl (C=O) groups excluding carboxylic acids is 1. The van der Waals surface area contributed by atoms with Gasteiger partial charge in [0.15, 0.2) is 5.82 Å². The van der Waals surface area contributed by atoms with E-state index in [-0.39, 0.29) is 17.8 Å². The molecule has 148 valence electrons. The topological polar surface area (TPSA) is 74.0 Å². The molecule has 0 radical (unpaired) electrons. The van der Waals surface area contributed by atoms with E-state index in [0.717, 1.165) is 30.0 Å². The van der Waals surface area contributed by atoms with Crippen LogP contribution in [0, 0.1) is 0 Å². The molecule has 28 heavy (non-hydrogen) atoms. The Morgan fingerprint density at radius 3 is 2.50 bits per heavy atom. The van der Waals surface area contributed by atoms with E-state index in [2.05, 4.69) is 15.0 Å². The molecule has 0 saturated carbocycles. The zero-order valence-electron chi connectivity index (χ0n) is 15.8. The van der Waals surface area contributed by atoms with Gasteiger partial charge in [-0.1, -0.05) is 42.0 Å². The van der Waals surface area contributed by atoms with Crippen molar-refractivity contribution in [2.45, 2.75) is 26.3 Å². The van der Waals surface area contributed by atoms with Crippen LogP contribution >= 0.6 is 22.9 Å². The van der Waals surface area contributed by atoms with Crippen LogP contribution in [0.2, 0.25) is 5.02 Å². The lowest BCUT2D eigenvalue weighted by molar-refractivity contribution is -0.130. The van der Waals surface area contributed by atoms with Gasteiger partial charge in [0.05, 0.1) is 10.9 Å². The molecule has 1 amide bonds. The predicted molar refractivity (Wildman–Crippen MR) is 109 cm³/mol. The van der Waals surface area contributed by atoms with Crippen LogP contribution < -0.4 is 0 Å². The fraction of sp³-hybridized carbons (Fsp3) is 0.421. The van der Waals surface area contributed by atoms with Crippen LogP contribution in [0.4, 0.5) is 0 Å². The molecule has 1 atom stereocenters. The van der Waals surface area contributed by atoms with Crippen LogP contribution in [-0.2, 0) is 11.2 Å². The van der Waals surface area contributed by atoms with Crippen molar-refractivity contribution in [2.75, 3.05) is 26.2 Å². The van der Waals surface area contributed by atoms with Crippen molar-refractivity contribution >= 4 is 33.8 Å². The highest BCUT2D eigenvalue weighted by molar-refractivity contribution is 7.17. The molecule has 9 heteroatoms. The van der Waals surface area contributed by atoms with Crippen molar-refractivity contribution < 1.29 is 9.90 Å². The Kier molecular flexibility index (Phi) is 5.27. The Hall–Kier alpha value is -2.16. The molecule has 0 unspecified atom stereocenters. The van der Waals surface area contributed by atoms with Gasteiger partial charge >= 0.3 is 0 Å². The molecule has 1 saturated heterocycles. The Morgan fingerprint density at radius 1 is 1.25 bits per heavy atom. The number of hydrogen-bond acceptors (Lipinski definition) is 6. The van der Waals surface area contributed by atoms with Gasteiger partial charge < -0.3 is 10.0 Å². The molecular formula is C19H22ClN5O2S. The van der Waals surface area contributed by atoms with Crippen LogP contribution in [0.5, 0.6) is 5.88 Å². The Balaban J connectivity index is 1.73. The van der Waals surface area contributed by atoms with Crippen molar-refractivity contribution in [3.8, 4) is 5.88 Å². The predicted octanol–water partition coefficient (Wildman–Crippen LogP) is 2.97. The zero-order chi connectivity index (χ0) is 19.8. The second kappa shape index (κ2) is 7.69. The smallest absolute Gasteiger partial charge is 0.230 e. The number of rotatable bonds is 4. The number of thiazole rings is 1. The quantitative estimate of drug-likeness (QED) is 0.703. The normalized spacial score (nSPS) is 16.6. The lowest BCUT2D eigenvalue weighted by Crippen LogP contribution is -2.49. The molecule has 1 fully saturated rings. The minimum absolute atomic E-state index is 0.0939. The summed E-state index contributed by atoms with van der Waals surface area (Å²) in [7, 11) is 0. The molecule has 3 heterocycles. The van der Waals surface area contributed by atoms with Gasteiger partial charge in [-0.25, -0.2) is 4.98 Å². The van der Waals surface area contributed by atoms with Gasteiger partial charge in [-0.2, -0.15) is 4.52 Å². The standard InChI is InChI=1S/C19H22ClN5O2S/c1-3-15-21-19-25(22-15)18(27)17(28-19)16(13-4-6-14(20)7-5-13)24-10-8-23(9-11-24)12(2)26/h4-7,16,27H,3,8-11H2,1-2H3/t16-/m0/s1. The maximum Gasteiger partial charge on any atom is 0.230 e. The number of aryl methyl sites for hydroxylation is 1. The second-order valence-electron chi connectivity index (χ2n) is 6.86. The summed E-state index contributed by atoms with van der Waals surface area (Å²) < 4.78 is 1.52. The summed E-state index contributed by atoms with van der Waals surface area (Å²) >= 11 is 7.54. The maximum atomic E-state index is 11.7. The number of hydrogen-bond donors (Lipinski definition) is 1. The molecule has 3 aromatic rings. The van der Waals surface area contributed by atoms with Crippen molar-refractivity contribution in [1.82, 2.24) is 24.4 Å². The van der Waals surface area contributed by atoms with Gasteiger partial charge in [0.1, 0.15) is 0 Å². The molecule has 0 spiro atoms. The van der Waals surface area contributed by atoms with Crippen molar-refractivity contribution in [1.29, 1.82) is 0 Å². The summed E-state index contributed by atoms with van der Waals surface area (Å²) in [4.78, 5) is 21.8. The number of aromatic hydroxyl groups is 1. The summed E-state index contributed by atoms with van der Waals surface area (Å²) in [6.07, 6.45) is 0.719. The third kappa shape index (κ3) is 3.47. The van der Waals surface area contributed by atoms with E-state index < -0.39 is 0 Å². The summed E-state index contributed by atoms with van der Waals surface area (Å²) in [5.74, 6) is 0.934. The molecule has 2 aromatic heterocycles. The van der Waals surface area contributed by atoms with Gasteiger partial charge in [0.2, 0.25) is 16.7 Å². The molecule has 0 bridgehead atoms. The highest BCUT2D eigenvalue weighted by Gasteiger charge is 2.32. The van der Waals surface area contributed by atoms with Crippen LogP contribution in [0.15, 0.2) is 24.3 Å². The average Bonchev–Trinajstić information content (AvgIpc) is 3.23. The number of aromatic nitrogens is 3. The van der Waals surface area contributed by atoms with E-state index in [0.29, 0.717) is 28.9 Å². The van der Waals surface area contributed by atoms with E-state index in [1.165, 1.54) is 15.9 Å². The molecule has 1 aliphatic rings. The summed E-state index contributed by atoms with van der Waals surface area (Å²) in [5, 5.41) is 16.0. The van der Waals surface area contributed by atoms with Gasteiger partial charge in [-0.05, 0) is 17.7 Å². The first-order chi connectivity index (χ1) is 13.5. The lowest BCUT2D eigenvalue weighted by Gasteiger charge is -2.38. The number of halogens is 1. The SMILES string of the molecule is CCc1nc2sc([C@H](c3ccc(Cl)cc3)N3CCN(C(C)=O)CC3)c(O)n2n1. The van der Waals surface area contributed by atoms with Crippen LogP contribution in [0.1, 0.15) is 36.2 Å². The highest BCUT2D eigenvalue weighted by Crippen LogP contribution is 2.40. The Labute approximate surface area is 172 Å². The van der Waals surface area contributed by atoms with Crippen LogP contribution in [0.3, 0.4) is 0 Å². The molecule has 1 aromatic carbocycles. The maximum absolute atomic E-state index is 11.7. The molecule has 1 N–H and O–H groups in total. The average molecular weight is 420 g/mol. The van der Waals surface area contributed by atoms with Crippen molar-refractivity contribution in [2.24, 2.45) is 0 Å². The number of fused-ring (bicyclic) bond motifs is 1. The minimum atomic E-state index is -0.148. The molecular weight excluding hydrogens is 398 g/mol. The monoisotopic (exact) mass is 419 g/mol. The number of carbonyl (C=O) groups is 1. The fourth-order valence-electron chi connectivity index (χ4n) is 3.59. The van der Waals surface area contributed by atoms with Crippen LogP contribution in [0.25, 0.3) is 4.96 Å². The summed E-state index contributed by atoms with van der Waals surface area (Å²) in [6.45, 7) is 6.37. The number of piperazine rings is 1. The Bertz CT molecular complexity index is 992. The van der Waals surface area contributed by atoms with E-state index in [1.807, 2.05) is 36.1 Å². The summed E-state index contributed by atoms with van der Waals surface area (Å²) in [5.41, 5.74) is 1.04. The fourth-order valence-corrected chi connectivity index (χ4v) is 4.85. The first-order valence-corrected chi connectivity index (χ1v) is 10.5. The summed E-state index contributed by atoms with van der Waals surface area (Å²) in [6, 6.07) is 7.54. The number of nitrogens with zero attached hydrogens (tertiary/aromatic N) is 5. The third-order valence-corrected chi connectivity index (χ3v) is 6.44. The van der Waals surface area contributed by atoms with E-state index >= 15 is 0 Å². The second-order valence-corrected chi connectivity index (χ2v) is 8.31. The van der Waals surface area contributed by atoms with Gasteiger partial charge in [-0.3, -0.25) is 9.69 Å². The first-order valence-electron chi connectivity index (χ1n) is 9.30. The Morgan fingerprint density at radius 2 is 1.93 bits per heavy atom. The lowest BCUT2D eigenvalue weighted by atomic mass is 10.0. The van der Waals surface area contributed by atoms with Crippen LogP contribution in [-0.4, -0.2) is 61.6 Å². The molecule has 0 aliphatic carbocycles. The van der Waals surface area contributed by atoms with Crippen molar-refractivity contribution in [3.05, 3.63) is 45.6 Å². The molecule has 7 nitrogen and oxygen atoms in total. The number of amides is 1. The van der Waals surface area contributed by atoms with E-state index in [1.54, 1.807) is 6.92 Å². The minimum Gasteiger partial charge on any atom is -0.492 e. The van der Waals surface area contributed by atoms with Crippen molar-refractivity contribution in [3.63, 3.8) is 0 Å². The van der Waals surface area contributed by atoms with Gasteiger partial charge in [0.25, 0.3) is 0 Å². The first kappa shape index (κ1) is 19.2.